The van der Waals surface area contributed by atoms with Gasteiger partial charge in [-0.3, -0.25) is 0 Å². The highest BCUT2D eigenvalue weighted by atomic mass is 15.1. The molecule has 0 heterocycles. The molecule has 0 aliphatic carbocycles. The molecule has 5 aromatic rings. The van der Waals surface area contributed by atoms with E-state index in [1.54, 1.807) is 0 Å². The van der Waals surface area contributed by atoms with Crippen LogP contribution in [0.25, 0.3) is 0 Å². The number of hydrogen-bond acceptors (Lipinski definition) is 1. The SMILES string of the molecule is CCC(CC)(c1ccc(N(c2ccc(C)cc2)c2ccc(C(CC)(CC)c3cccc(C)c3)cc2)cc1)c1cccc(C)c1. The largest absolute Gasteiger partial charge is 0.311 e. The Morgan fingerprint density at radius 3 is 1.05 bits per heavy atom. The van der Waals surface area contributed by atoms with E-state index >= 15 is 0 Å². The van der Waals surface area contributed by atoms with Crippen LogP contribution in [0, 0.1) is 20.8 Å². The third-order valence-electron chi connectivity index (χ3n) is 10.2. The van der Waals surface area contributed by atoms with Crippen molar-refractivity contribution in [2.45, 2.75) is 85.0 Å². The lowest BCUT2D eigenvalue weighted by molar-refractivity contribution is 0.478. The van der Waals surface area contributed by atoms with E-state index in [4.69, 9.17) is 0 Å². The molecule has 0 saturated heterocycles. The van der Waals surface area contributed by atoms with Gasteiger partial charge < -0.3 is 4.90 Å². The van der Waals surface area contributed by atoms with Gasteiger partial charge in [-0.15, -0.1) is 0 Å². The van der Waals surface area contributed by atoms with Gasteiger partial charge in [-0.05, 0) is 105 Å². The minimum Gasteiger partial charge on any atom is -0.311 e. The molecule has 0 bridgehead atoms. The lowest BCUT2D eigenvalue weighted by Gasteiger charge is -2.35. The van der Waals surface area contributed by atoms with E-state index in [0.29, 0.717) is 0 Å². The van der Waals surface area contributed by atoms with E-state index in [1.807, 2.05) is 0 Å². The molecule has 0 radical (unpaired) electrons. The summed E-state index contributed by atoms with van der Waals surface area (Å²) in [5.41, 5.74) is 13.0. The first-order chi connectivity index (χ1) is 21.3. The molecule has 1 heteroatoms. The monoisotopic (exact) mass is 579 g/mol. The van der Waals surface area contributed by atoms with Crippen LogP contribution in [-0.4, -0.2) is 0 Å². The van der Waals surface area contributed by atoms with E-state index < -0.39 is 0 Å². The van der Waals surface area contributed by atoms with E-state index in [9.17, 15) is 0 Å². The molecule has 0 spiro atoms. The maximum atomic E-state index is 2.39. The third kappa shape index (κ3) is 5.85. The number of rotatable bonds is 11. The fourth-order valence-electron chi connectivity index (χ4n) is 7.35. The zero-order valence-electron chi connectivity index (χ0n) is 27.8. The Morgan fingerprint density at radius 1 is 0.386 bits per heavy atom. The van der Waals surface area contributed by atoms with Gasteiger partial charge in [0.1, 0.15) is 0 Å². The van der Waals surface area contributed by atoms with Gasteiger partial charge in [0.05, 0.1) is 0 Å². The van der Waals surface area contributed by atoms with Gasteiger partial charge in [0.15, 0.2) is 0 Å². The van der Waals surface area contributed by atoms with Gasteiger partial charge in [0, 0.05) is 27.9 Å². The van der Waals surface area contributed by atoms with Crippen LogP contribution in [0.15, 0.2) is 121 Å². The van der Waals surface area contributed by atoms with Crippen molar-refractivity contribution in [1.82, 2.24) is 0 Å². The van der Waals surface area contributed by atoms with E-state index in [2.05, 4.69) is 175 Å². The standard InChI is InChI=1S/C43H49N/c1-8-42(9-2,37-16-12-14-33(6)30-37)35-20-26-40(27-21-35)44(39-24-18-32(5)19-25-39)41-28-22-36(23-29-41)43(10-3,11-4)38-17-13-15-34(7)31-38/h12-31H,8-11H2,1-7H3. The number of nitrogens with zero attached hydrogens (tertiary/aromatic N) is 1. The van der Waals surface area contributed by atoms with Crippen molar-refractivity contribution in [2.75, 3.05) is 4.90 Å². The molecule has 0 amide bonds. The Bertz CT molecular complexity index is 1550. The van der Waals surface area contributed by atoms with Crippen LogP contribution in [0.3, 0.4) is 0 Å². The van der Waals surface area contributed by atoms with E-state index in [1.165, 1.54) is 56.0 Å². The molecule has 1 nitrogen and oxygen atoms in total. The summed E-state index contributed by atoms with van der Waals surface area (Å²) < 4.78 is 0. The molecule has 0 aromatic heterocycles. The number of hydrogen-bond donors (Lipinski definition) is 0. The quantitative estimate of drug-likeness (QED) is 0.150. The predicted molar refractivity (Wildman–Crippen MR) is 191 cm³/mol. The van der Waals surface area contributed by atoms with Crippen molar-refractivity contribution in [1.29, 1.82) is 0 Å². The Kier molecular flexibility index (Phi) is 9.45. The molecular formula is C43H49N. The predicted octanol–water partition coefficient (Wildman–Crippen LogP) is 12.3. The number of anilines is 3. The average Bonchev–Trinajstić information content (AvgIpc) is 3.05. The second-order valence-electron chi connectivity index (χ2n) is 12.6. The minimum atomic E-state index is 0.000313. The highest BCUT2D eigenvalue weighted by Crippen LogP contribution is 2.43. The summed E-state index contributed by atoms with van der Waals surface area (Å²) in [6.45, 7) is 15.8. The van der Waals surface area contributed by atoms with E-state index in [-0.39, 0.29) is 10.8 Å². The summed E-state index contributed by atoms with van der Waals surface area (Å²) in [6.07, 6.45) is 4.25. The summed E-state index contributed by atoms with van der Waals surface area (Å²) in [5.74, 6) is 0. The molecule has 0 aliphatic heterocycles. The van der Waals surface area contributed by atoms with Crippen LogP contribution >= 0.6 is 0 Å². The maximum Gasteiger partial charge on any atom is 0.0461 e. The van der Waals surface area contributed by atoms with Gasteiger partial charge in [0.2, 0.25) is 0 Å². The van der Waals surface area contributed by atoms with Crippen LogP contribution in [0.2, 0.25) is 0 Å². The lowest BCUT2D eigenvalue weighted by Crippen LogP contribution is -2.26. The Morgan fingerprint density at radius 2 is 0.727 bits per heavy atom. The molecule has 226 valence electrons. The first-order valence-corrected chi connectivity index (χ1v) is 16.5. The molecular weight excluding hydrogens is 530 g/mol. The highest BCUT2D eigenvalue weighted by Gasteiger charge is 2.32. The van der Waals surface area contributed by atoms with Gasteiger partial charge in [-0.2, -0.15) is 0 Å². The van der Waals surface area contributed by atoms with Gasteiger partial charge in [-0.1, -0.05) is 129 Å². The van der Waals surface area contributed by atoms with Crippen LogP contribution in [0.5, 0.6) is 0 Å². The normalized spacial score (nSPS) is 11.9. The summed E-state index contributed by atoms with van der Waals surface area (Å²) in [7, 11) is 0. The van der Waals surface area contributed by atoms with Crippen molar-refractivity contribution in [2.24, 2.45) is 0 Å². The first-order valence-electron chi connectivity index (χ1n) is 16.5. The van der Waals surface area contributed by atoms with Gasteiger partial charge >= 0.3 is 0 Å². The summed E-state index contributed by atoms with van der Waals surface area (Å²) >= 11 is 0. The summed E-state index contributed by atoms with van der Waals surface area (Å²) in [4.78, 5) is 2.39. The van der Waals surface area contributed by atoms with Crippen LogP contribution in [-0.2, 0) is 10.8 Å². The smallest absolute Gasteiger partial charge is 0.0461 e. The van der Waals surface area contributed by atoms with Crippen molar-refractivity contribution in [3.8, 4) is 0 Å². The van der Waals surface area contributed by atoms with Crippen LogP contribution in [0.4, 0.5) is 17.1 Å². The highest BCUT2D eigenvalue weighted by molar-refractivity contribution is 5.77. The van der Waals surface area contributed by atoms with Gasteiger partial charge in [0.25, 0.3) is 0 Å². The van der Waals surface area contributed by atoms with Crippen LogP contribution in [0.1, 0.15) is 92.3 Å². The average molecular weight is 580 g/mol. The molecule has 44 heavy (non-hydrogen) atoms. The zero-order chi connectivity index (χ0) is 31.3. The lowest BCUT2D eigenvalue weighted by atomic mass is 9.70. The third-order valence-corrected chi connectivity index (χ3v) is 10.2. The molecule has 5 aromatic carbocycles. The molecule has 0 saturated carbocycles. The molecule has 0 atom stereocenters. The fourth-order valence-corrected chi connectivity index (χ4v) is 7.35. The number of benzene rings is 5. The minimum absolute atomic E-state index is 0.000313. The summed E-state index contributed by atoms with van der Waals surface area (Å²) in [5, 5.41) is 0. The Balaban J connectivity index is 1.57. The van der Waals surface area contributed by atoms with Crippen molar-refractivity contribution >= 4 is 17.1 Å². The molecule has 0 fully saturated rings. The molecule has 5 rings (SSSR count). The Hall–Kier alpha value is -4.10. The van der Waals surface area contributed by atoms with Crippen LogP contribution < -0.4 is 4.90 Å². The summed E-state index contributed by atoms with van der Waals surface area (Å²) in [6, 6.07) is 45.7. The van der Waals surface area contributed by atoms with Crippen molar-refractivity contribution in [3.63, 3.8) is 0 Å². The topological polar surface area (TPSA) is 3.24 Å². The van der Waals surface area contributed by atoms with Crippen molar-refractivity contribution in [3.05, 3.63) is 160 Å². The second kappa shape index (κ2) is 13.3. The maximum absolute atomic E-state index is 2.39. The Labute approximate surface area is 266 Å². The fraction of sp³-hybridized carbons (Fsp3) is 0.302. The number of aryl methyl sites for hydroxylation is 3. The molecule has 0 unspecified atom stereocenters. The second-order valence-corrected chi connectivity index (χ2v) is 12.6. The molecule has 0 N–H and O–H groups in total. The molecule has 0 aliphatic rings. The van der Waals surface area contributed by atoms with Crippen molar-refractivity contribution < 1.29 is 0 Å². The van der Waals surface area contributed by atoms with Gasteiger partial charge in [-0.25, -0.2) is 0 Å². The zero-order valence-corrected chi connectivity index (χ0v) is 27.8. The van der Waals surface area contributed by atoms with E-state index in [0.717, 1.165) is 25.7 Å². The first kappa shape index (κ1) is 31.3.